The molecule has 0 aliphatic heterocycles. The fourth-order valence-electron chi connectivity index (χ4n) is 1.84. The molecule has 106 valence electrons. The van der Waals surface area contributed by atoms with E-state index < -0.39 is 17.6 Å². The first-order chi connectivity index (χ1) is 9.40. The van der Waals surface area contributed by atoms with Crippen molar-refractivity contribution < 1.29 is 23.1 Å². The van der Waals surface area contributed by atoms with Gasteiger partial charge in [-0.25, -0.2) is 13.6 Å². The van der Waals surface area contributed by atoms with Crippen molar-refractivity contribution in [3.8, 4) is 0 Å². The minimum Gasteiger partial charge on any atom is -0.475 e. The predicted molar refractivity (Wildman–Crippen MR) is 68.8 cm³/mol. The molecule has 20 heavy (non-hydrogen) atoms. The van der Waals surface area contributed by atoms with E-state index in [1.807, 2.05) is 0 Å². The van der Waals surface area contributed by atoms with E-state index in [-0.39, 0.29) is 18.0 Å². The fourth-order valence-corrected chi connectivity index (χ4v) is 1.84. The fraction of sp³-hybridized carbons (Fsp3) is 0.214. The molecule has 0 aliphatic carbocycles. The third kappa shape index (κ3) is 2.64. The van der Waals surface area contributed by atoms with Crippen LogP contribution in [0.15, 0.2) is 22.6 Å². The lowest BCUT2D eigenvalue weighted by Gasteiger charge is -2.08. The van der Waals surface area contributed by atoms with Gasteiger partial charge in [0.15, 0.2) is 5.82 Å². The van der Waals surface area contributed by atoms with E-state index in [4.69, 9.17) is 9.52 Å². The topological polar surface area (TPSA) is 62.5 Å². The average molecular weight is 281 g/mol. The second-order valence-electron chi connectivity index (χ2n) is 4.44. The summed E-state index contributed by atoms with van der Waals surface area (Å²) in [7, 11) is 0. The molecule has 0 fully saturated rings. The molecule has 6 heteroatoms. The molecule has 0 saturated heterocycles. The minimum absolute atomic E-state index is 0.00852. The van der Waals surface area contributed by atoms with Gasteiger partial charge in [0, 0.05) is 5.56 Å². The van der Waals surface area contributed by atoms with Crippen LogP contribution in [0.25, 0.3) is 0 Å². The highest BCUT2D eigenvalue weighted by Gasteiger charge is 2.16. The van der Waals surface area contributed by atoms with Gasteiger partial charge in [0.25, 0.3) is 0 Å². The van der Waals surface area contributed by atoms with Gasteiger partial charge < -0.3 is 14.8 Å². The Balaban J connectivity index is 2.19. The molecule has 2 N–H and O–H groups in total. The number of aromatic carboxylic acids is 1. The third-order valence-corrected chi connectivity index (χ3v) is 2.89. The SMILES string of the molecule is Cc1cc(CNc2c(F)ccc(C)c2F)oc1C(=O)O. The molecule has 2 rings (SSSR count). The van der Waals surface area contributed by atoms with Crippen molar-refractivity contribution in [2.75, 3.05) is 5.32 Å². The summed E-state index contributed by atoms with van der Waals surface area (Å²) in [5.74, 6) is -2.45. The number of furan rings is 1. The molecule has 0 aliphatic rings. The Kier molecular flexibility index (Phi) is 3.74. The van der Waals surface area contributed by atoms with E-state index in [0.29, 0.717) is 16.9 Å². The largest absolute Gasteiger partial charge is 0.475 e. The lowest BCUT2D eigenvalue weighted by atomic mass is 10.2. The number of nitrogens with one attached hydrogen (secondary N) is 1. The van der Waals surface area contributed by atoms with Crippen LogP contribution in [-0.2, 0) is 6.54 Å². The highest BCUT2D eigenvalue weighted by Crippen LogP contribution is 2.23. The molecule has 1 aromatic heterocycles. The number of carboxylic acid groups (broad SMARTS) is 1. The van der Waals surface area contributed by atoms with Gasteiger partial charge in [0.2, 0.25) is 5.76 Å². The number of anilines is 1. The molecule has 1 aromatic carbocycles. The molecule has 0 spiro atoms. The third-order valence-electron chi connectivity index (χ3n) is 2.89. The summed E-state index contributed by atoms with van der Waals surface area (Å²) >= 11 is 0. The summed E-state index contributed by atoms with van der Waals surface area (Å²) in [4.78, 5) is 10.8. The predicted octanol–water partition coefficient (Wildman–Crippen LogP) is 3.48. The highest BCUT2D eigenvalue weighted by molar-refractivity contribution is 5.86. The Hall–Kier alpha value is -2.37. The molecule has 2 aromatic rings. The second kappa shape index (κ2) is 5.32. The van der Waals surface area contributed by atoms with E-state index in [1.165, 1.54) is 19.1 Å². The summed E-state index contributed by atoms with van der Waals surface area (Å²) in [5, 5.41) is 11.4. The summed E-state index contributed by atoms with van der Waals surface area (Å²) in [5.41, 5.74) is 0.520. The molecule has 4 nitrogen and oxygen atoms in total. The van der Waals surface area contributed by atoms with E-state index in [2.05, 4.69) is 5.32 Å². The quantitative estimate of drug-likeness (QED) is 0.900. The normalized spacial score (nSPS) is 10.6. The zero-order valence-corrected chi connectivity index (χ0v) is 11.0. The number of halogens is 2. The van der Waals surface area contributed by atoms with Crippen LogP contribution in [0.4, 0.5) is 14.5 Å². The van der Waals surface area contributed by atoms with Gasteiger partial charge in [-0.15, -0.1) is 0 Å². The van der Waals surface area contributed by atoms with E-state index in [9.17, 15) is 13.6 Å². The van der Waals surface area contributed by atoms with Gasteiger partial charge in [-0.05, 0) is 31.5 Å². The summed E-state index contributed by atoms with van der Waals surface area (Å²) in [6.45, 7) is 3.11. The van der Waals surface area contributed by atoms with Crippen LogP contribution in [0.1, 0.15) is 27.4 Å². The lowest BCUT2D eigenvalue weighted by Crippen LogP contribution is -2.04. The zero-order chi connectivity index (χ0) is 14.9. The van der Waals surface area contributed by atoms with Crippen molar-refractivity contribution in [2.24, 2.45) is 0 Å². The maximum atomic E-state index is 13.8. The van der Waals surface area contributed by atoms with E-state index in [0.717, 1.165) is 6.07 Å². The van der Waals surface area contributed by atoms with Crippen LogP contribution in [0.2, 0.25) is 0 Å². The van der Waals surface area contributed by atoms with E-state index in [1.54, 1.807) is 6.92 Å². The molecule has 0 bridgehead atoms. The summed E-state index contributed by atoms with van der Waals surface area (Å²) < 4.78 is 32.4. The van der Waals surface area contributed by atoms with Gasteiger partial charge in [0.05, 0.1) is 6.54 Å². The maximum absolute atomic E-state index is 13.8. The van der Waals surface area contributed by atoms with Crippen molar-refractivity contribution in [3.05, 3.63) is 52.5 Å². The van der Waals surface area contributed by atoms with Gasteiger partial charge in [-0.1, -0.05) is 6.07 Å². The van der Waals surface area contributed by atoms with Crippen LogP contribution in [0.5, 0.6) is 0 Å². The smallest absolute Gasteiger partial charge is 0.372 e. The van der Waals surface area contributed by atoms with Crippen LogP contribution >= 0.6 is 0 Å². The number of carbonyl (C=O) groups is 1. The number of rotatable bonds is 4. The van der Waals surface area contributed by atoms with Crippen molar-refractivity contribution in [1.29, 1.82) is 0 Å². The van der Waals surface area contributed by atoms with Crippen LogP contribution in [0, 0.1) is 25.5 Å². The number of hydrogen-bond donors (Lipinski definition) is 2. The van der Waals surface area contributed by atoms with Crippen LogP contribution in [0.3, 0.4) is 0 Å². The standard InChI is InChI=1S/C14H13F2NO3/c1-7-3-4-10(15)12(11(7)16)17-6-9-5-8(2)13(20-9)14(18)19/h3-5,17H,6H2,1-2H3,(H,18,19). The van der Waals surface area contributed by atoms with Crippen molar-refractivity contribution in [1.82, 2.24) is 0 Å². The van der Waals surface area contributed by atoms with Gasteiger partial charge in [0.1, 0.15) is 17.3 Å². The van der Waals surface area contributed by atoms with Gasteiger partial charge >= 0.3 is 5.97 Å². The number of aryl methyl sites for hydroxylation is 2. The van der Waals surface area contributed by atoms with Gasteiger partial charge in [-0.2, -0.15) is 0 Å². The van der Waals surface area contributed by atoms with Crippen molar-refractivity contribution >= 4 is 11.7 Å². The first-order valence-electron chi connectivity index (χ1n) is 5.91. The number of benzene rings is 1. The maximum Gasteiger partial charge on any atom is 0.372 e. The molecular weight excluding hydrogens is 268 g/mol. The van der Waals surface area contributed by atoms with Gasteiger partial charge in [-0.3, -0.25) is 0 Å². The highest BCUT2D eigenvalue weighted by atomic mass is 19.1. The Morgan fingerprint density at radius 3 is 2.60 bits per heavy atom. The van der Waals surface area contributed by atoms with Crippen molar-refractivity contribution in [3.63, 3.8) is 0 Å². The van der Waals surface area contributed by atoms with Crippen LogP contribution < -0.4 is 5.32 Å². The first-order valence-corrected chi connectivity index (χ1v) is 5.91. The zero-order valence-electron chi connectivity index (χ0n) is 11.0. The number of hydrogen-bond acceptors (Lipinski definition) is 3. The molecule has 0 saturated carbocycles. The second-order valence-corrected chi connectivity index (χ2v) is 4.44. The average Bonchev–Trinajstić information content (AvgIpc) is 2.75. The molecule has 0 amide bonds. The molecule has 0 atom stereocenters. The lowest BCUT2D eigenvalue weighted by molar-refractivity contribution is 0.0659. The molecular formula is C14H13F2NO3. The molecule has 0 unspecified atom stereocenters. The van der Waals surface area contributed by atoms with Crippen molar-refractivity contribution in [2.45, 2.75) is 20.4 Å². The molecule has 0 radical (unpaired) electrons. The first kappa shape index (κ1) is 14.0. The minimum atomic E-state index is -1.18. The monoisotopic (exact) mass is 281 g/mol. The molecule has 1 heterocycles. The summed E-state index contributed by atoms with van der Waals surface area (Å²) in [6, 6.07) is 4.02. The Bertz CT molecular complexity index is 665. The Morgan fingerprint density at radius 1 is 1.30 bits per heavy atom. The Labute approximate surface area is 114 Å². The van der Waals surface area contributed by atoms with E-state index >= 15 is 0 Å². The number of carboxylic acids is 1. The summed E-state index contributed by atoms with van der Waals surface area (Å²) in [6.07, 6.45) is 0. The Morgan fingerprint density at radius 2 is 2.00 bits per heavy atom. The van der Waals surface area contributed by atoms with Crippen LogP contribution in [-0.4, -0.2) is 11.1 Å².